The van der Waals surface area contributed by atoms with E-state index < -0.39 is 9.84 Å². The Bertz CT molecular complexity index is 514. The predicted molar refractivity (Wildman–Crippen MR) is 76.5 cm³/mol. The molecule has 19 heavy (non-hydrogen) atoms. The number of halogens is 1. The largest absolute Gasteiger partial charge is 0.310 e. The Hall–Kier alpha value is -0.940. The number of rotatable bonds is 7. The van der Waals surface area contributed by atoms with Gasteiger partial charge in [0, 0.05) is 18.1 Å². The molecule has 1 aromatic carbocycles. The van der Waals surface area contributed by atoms with Crippen LogP contribution in [-0.4, -0.2) is 27.0 Å². The van der Waals surface area contributed by atoms with E-state index in [-0.39, 0.29) is 17.6 Å². The van der Waals surface area contributed by atoms with Crippen molar-refractivity contribution in [3.63, 3.8) is 0 Å². The van der Waals surface area contributed by atoms with Crippen LogP contribution in [0.5, 0.6) is 0 Å². The molecule has 0 aliphatic heterocycles. The van der Waals surface area contributed by atoms with E-state index in [1.165, 1.54) is 18.4 Å². The normalized spacial score (nSPS) is 13.5. The van der Waals surface area contributed by atoms with E-state index in [0.29, 0.717) is 12.8 Å². The van der Waals surface area contributed by atoms with Gasteiger partial charge in [0.25, 0.3) is 0 Å². The molecule has 108 valence electrons. The van der Waals surface area contributed by atoms with Gasteiger partial charge < -0.3 is 5.32 Å². The molecule has 0 radical (unpaired) electrons. The molecule has 0 aliphatic rings. The lowest BCUT2D eigenvalue weighted by Crippen LogP contribution is -2.22. The van der Waals surface area contributed by atoms with Crippen molar-refractivity contribution in [3.05, 3.63) is 35.1 Å². The van der Waals surface area contributed by atoms with Crippen molar-refractivity contribution in [2.24, 2.45) is 0 Å². The average molecular weight is 287 g/mol. The summed E-state index contributed by atoms with van der Waals surface area (Å²) >= 11 is 0. The first-order valence-electron chi connectivity index (χ1n) is 6.50. The molecule has 0 spiro atoms. The van der Waals surface area contributed by atoms with Crippen LogP contribution >= 0.6 is 0 Å². The fourth-order valence-corrected chi connectivity index (χ4v) is 2.84. The predicted octanol–water partition coefficient (Wildman–Crippen LogP) is 2.61. The number of sulfone groups is 1. The van der Waals surface area contributed by atoms with Gasteiger partial charge in [-0.3, -0.25) is 0 Å². The Balaban J connectivity index is 2.79. The number of benzene rings is 1. The first-order chi connectivity index (χ1) is 8.83. The average Bonchev–Trinajstić information content (AvgIpc) is 2.30. The third kappa shape index (κ3) is 5.70. The molecule has 3 nitrogen and oxygen atoms in total. The van der Waals surface area contributed by atoms with Crippen LogP contribution in [0.15, 0.2) is 18.2 Å². The lowest BCUT2D eigenvalue weighted by Gasteiger charge is -2.20. The van der Waals surface area contributed by atoms with E-state index in [9.17, 15) is 12.8 Å². The van der Waals surface area contributed by atoms with Crippen molar-refractivity contribution >= 4 is 9.84 Å². The van der Waals surface area contributed by atoms with E-state index in [1.807, 2.05) is 13.8 Å². The highest BCUT2D eigenvalue weighted by molar-refractivity contribution is 7.90. The van der Waals surface area contributed by atoms with E-state index in [2.05, 4.69) is 5.32 Å². The maximum Gasteiger partial charge on any atom is 0.147 e. The molecular weight excluding hydrogens is 265 g/mol. The molecule has 5 heteroatoms. The Kier molecular flexibility index (Phi) is 5.94. The molecule has 0 bridgehead atoms. The number of aryl methyl sites for hydroxylation is 1. The SMILES string of the molecule is CCNC(CCCS(C)(=O)=O)c1cc(F)ccc1C. The molecule has 1 aromatic rings. The molecule has 0 heterocycles. The monoisotopic (exact) mass is 287 g/mol. The lowest BCUT2D eigenvalue weighted by molar-refractivity contribution is 0.501. The van der Waals surface area contributed by atoms with Crippen LogP contribution in [0.4, 0.5) is 4.39 Å². The third-order valence-corrected chi connectivity index (χ3v) is 4.11. The van der Waals surface area contributed by atoms with E-state index >= 15 is 0 Å². The van der Waals surface area contributed by atoms with Gasteiger partial charge >= 0.3 is 0 Å². The summed E-state index contributed by atoms with van der Waals surface area (Å²) < 4.78 is 35.6. The maximum absolute atomic E-state index is 13.3. The van der Waals surface area contributed by atoms with Crippen LogP contribution in [0.1, 0.15) is 36.9 Å². The molecule has 0 fully saturated rings. The van der Waals surface area contributed by atoms with Crippen LogP contribution < -0.4 is 5.32 Å². The van der Waals surface area contributed by atoms with E-state index in [0.717, 1.165) is 17.7 Å². The second-order valence-corrected chi connectivity index (χ2v) is 7.14. The Morgan fingerprint density at radius 3 is 2.63 bits per heavy atom. The maximum atomic E-state index is 13.3. The topological polar surface area (TPSA) is 46.2 Å². The highest BCUT2D eigenvalue weighted by Gasteiger charge is 2.14. The molecular formula is C14H22FNO2S. The summed E-state index contributed by atoms with van der Waals surface area (Å²) in [6.45, 7) is 4.69. The molecule has 1 rings (SSSR count). The zero-order valence-electron chi connectivity index (χ0n) is 11.7. The minimum atomic E-state index is -2.94. The summed E-state index contributed by atoms with van der Waals surface area (Å²) in [4.78, 5) is 0. The number of hydrogen-bond acceptors (Lipinski definition) is 3. The minimum Gasteiger partial charge on any atom is -0.310 e. The lowest BCUT2D eigenvalue weighted by atomic mass is 9.97. The van der Waals surface area contributed by atoms with Crippen LogP contribution in [0.2, 0.25) is 0 Å². The van der Waals surface area contributed by atoms with Gasteiger partial charge in [-0.05, 0) is 49.6 Å². The van der Waals surface area contributed by atoms with Gasteiger partial charge in [0.2, 0.25) is 0 Å². The molecule has 0 amide bonds. The van der Waals surface area contributed by atoms with Crippen LogP contribution in [0.25, 0.3) is 0 Å². The summed E-state index contributed by atoms with van der Waals surface area (Å²) in [5.74, 6) is -0.0879. The Morgan fingerprint density at radius 2 is 2.05 bits per heavy atom. The van der Waals surface area contributed by atoms with Crippen molar-refractivity contribution in [1.82, 2.24) is 5.32 Å². The van der Waals surface area contributed by atoms with Crippen LogP contribution in [0, 0.1) is 12.7 Å². The molecule has 1 N–H and O–H groups in total. The van der Waals surface area contributed by atoms with E-state index in [4.69, 9.17) is 0 Å². The number of hydrogen-bond donors (Lipinski definition) is 1. The zero-order chi connectivity index (χ0) is 14.5. The van der Waals surface area contributed by atoms with Gasteiger partial charge in [-0.15, -0.1) is 0 Å². The second kappa shape index (κ2) is 7.01. The summed E-state index contributed by atoms with van der Waals surface area (Å²) in [6.07, 6.45) is 2.50. The van der Waals surface area contributed by atoms with Crippen LogP contribution in [0.3, 0.4) is 0 Å². The molecule has 0 saturated carbocycles. The van der Waals surface area contributed by atoms with E-state index in [1.54, 1.807) is 6.07 Å². The minimum absolute atomic E-state index is 0.00227. The van der Waals surface area contributed by atoms with Gasteiger partial charge in [-0.1, -0.05) is 13.0 Å². The molecule has 0 aromatic heterocycles. The first-order valence-corrected chi connectivity index (χ1v) is 8.56. The smallest absolute Gasteiger partial charge is 0.147 e. The summed E-state index contributed by atoms with van der Waals surface area (Å²) in [7, 11) is -2.94. The third-order valence-electron chi connectivity index (χ3n) is 3.08. The fourth-order valence-electron chi connectivity index (χ4n) is 2.15. The quantitative estimate of drug-likeness (QED) is 0.838. The summed E-state index contributed by atoms with van der Waals surface area (Å²) in [5, 5.41) is 3.29. The number of nitrogens with one attached hydrogen (secondary N) is 1. The summed E-state index contributed by atoms with van der Waals surface area (Å²) in [6, 6.07) is 4.73. The Labute approximate surface area is 115 Å². The van der Waals surface area contributed by atoms with Gasteiger partial charge in [0.1, 0.15) is 15.7 Å². The second-order valence-electron chi connectivity index (χ2n) is 4.88. The van der Waals surface area contributed by atoms with Gasteiger partial charge in [-0.25, -0.2) is 12.8 Å². The van der Waals surface area contributed by atoms with Gasteiger partial charge in [0.05, 0.1) is 0 Å². The van der Waals surface area contributed by atoms with Crippen molar-refractivity contribution in [1.29, 1.82) is 0 Å². The van der Waals surface area contributed by atoms with Crippen molar-refractivity contribution in [2.45, 2.75) is 32.7 Å². The zero-order valence-corrected chi connectivity index (χ0v) is 12.6. The van der Waals surface area contributed by atoms with Crippen molar-refractivity contribution < 1.29 is 12.8 Å². The molecule has 1 atom stereocenters. The Morgan fingerprint density at radius 1 is 1.37 bits per heavy atom. The molecule has 1 unspecified atom stereocenters. The highest BCUT2D eigenvalue weighted by Crippen LogP contribution is 2.23. The molecule has 0 aliphatic carbocycles. The first kappa shape index (κ1) is 16.1. The van der Waals surface area contributed by atoms with Gasteiger partial charge in [0.15, 0.2) is 0 Å². The summed E-state index contributed by atoms with van der Waals surface area (Å²) in [5.41, 5.74) is 1.93. The molecule has 0 saturated heterocycles. The van der Waals surface area contributed by atoms with Crippen molar-refractivity contribution in [3.8, 4) is 0 Å². The van der Waals surface area contributed by atoms with Gasteiger partial charge in [-0.2, -0.15) is 0 Å². The fraction of sp³-hybridized carbons (Fsp3) is 0.571. The highest BCUT2D eigenvalue weighted by atomic mass is 32.2. The van der Waals surface area contributed by atoms with Crippen LogP contribution in [-0.2, 0) is 9.84 Å². The standard InChI is InChI=1S/C14H22FNO2S/c1-4-16-14(6-5-9-19(3,17)18)13-10-12(15)8-7-11(13)2/h7-8,10,14,16H,4-6,9H2,1-3H3. The van der Waals surface area contributed by atoms with Crippen molar-refractivity contribution in [2.75, 3.05) is 18.6 Å².